The second-order valence-corrected chi connectivity index (χ2v) is 3.69. The van der Waals surface area contributed by atoms with Crippen LogP contribution >= 0.6 is 0 Å². The third-order valence-electron chi connectivity index (χ3n) is 1.89. The van der Waals surface area contributed by atoms with Gasteiger partial charge in [-0.2, -0.15) is 0 Å². The van der Waals surface area contributed by atoms with E-state index in [9.17, 15) is 19.5 Å². The molecule has 0 heterocycles. The molecule has 0 aromatic rings. The Morgan fingerprint density at radius 3 is 2.00 bits per heavy atom. The normalized spacial score (nSPS) is 14.2. The molecule has 0 aromatic heterocycles. The van der Waals surface area contributed by atoms with Crippen LogP contribution in [0.15, 0.2) is 0 Å². The maximum Gasteiger partial charge on any atom is 0.326 e. The van der Waals surface area contributed by atoms with Gasteiger partial charge in [0.05, 0.1) is 6.42 Å². The number of aliphatic hydroxyl groups is 1. The Morgan fingerprint density at radius 1 is 1.19 bits per heavy atom. The second-order valence-electron chi connectivity index (χ2n) is 3.69. The fraction of sp³-hybridized carbons (Fsp3) is 0.667. The second kappa shape index (κ2) is 6.06. The molecule has 92 valence electrons. The van der Waals surface area contributed by atoms with E-state index in [1.54, 1.807) is 13.8 Å². The van der Waals surface area contributed by atoms with Crippen LogP contribution in [-0.2, 0) is 14.4 Å². The number of amides is 1. The SMILES string of the molecule is CC(C)C(O)C(=O)NC(CC(=O)O)C(=O)O. The van der Waals surface area contributed by atoms with Crippen molar-refractivity contribution in [1.82, 2.24) is 5.32 Å². The molecule has 2 unspecified atom stereocenters. The number of carbonyl (C=O) groups is 3. The fourth-order valence-corrected chi connectivity index (χ4v) is 0.935. The zero-order valence-electron chi connectivity index (χ0n) is 9.01. The summed E-state index contributed by atoms with van der Waals surface area (Å²) in [5.41, 5.74) is 0. The predicted molar refractivity (Wildman–Crippen MR) is 52.7 cm³/mol. The van der Waals surface area contributed by atoms with E-state index < -0.39 is 36.4 Å². The van der Waals surface area contributed by atoms with Crippen molar-refractivity contribution < 1.29 is 29.7 Å². The first-order valence-corrected chi connectivity index (χ1v) is 4.68. The molecule has 0 rings (SSSR count). The molecule has 0 aliphatic carbocycles. The van der Waals surface area contributed by atoms with Crippen molar-refractivity contribution in [3.8, 4) is 0 Å². The Kier molecular flexibility index (Phi) is 5.44. The van der Waals surface area contributed by atoms with Crippen LogP contribution in [-0.4, -0.2) is 45.3 Å². The van der Waals surface area contributed by atoms with Crippen molar-refractivity contribution in [3.63, 3.8) is 0 Å². The summed E-state index contributed by atoms with van der Waals surface area (Å²) in [7, 11) is 0. The summed E-state index contributed by atoms with van der Waals surface area (Å²) in [4.78, 5) is 32.2. The number of carboxylic acids is 2. The van der Waals surface area contributed by atoms with Gasteiger partial charge in [-0.1, -0.05) is 13.8 Å². The first-order valence-electron chi connectivity index (χ1n) is 4.68. The summed E-state index contributed by atoms with van der Waals surface area (Å²) in [6.07, 6.45) is -2.08. The number of aliphatic hydroxyl groups excluding tert-OH is 1. The van der Waals surface area contributed by atoms with Crippen LogP contribution in [0.1, 0.15) is 20.3 Å². The van der Waals surface area contributed by atoms with Gasteiger partial charge in [-0.3, -0.25) is 9.59 Å². The maximum absolute atomic E-state index is 11.3. The largest absolute Gasteiger partial charge is 0.481 e. The van der Waals surface area contributed by atoms with Crippen molar-refractivity contribution >= 4 is 17.8 Å². The number of hydrogen-bond donors (Lipinski definition) is 4. The van der Waals surface area contributed by atoms with E-state index in [0.29, 0.717) is 0 Å². The molecule has 0 saturated heterocycles. The lowest BCUT2D eigenvalue weighted by molar-refractivity contribution is -0.148. The average Bonchev–Trinajstić information content (AvgIpc) is 2.14. The Labute approximate surface area is 92.1 Å². The summed E-state index contributed by atoms with van der Waals surface area (Å²) in [6, 6.07) is -1.53. The van der Waals surface area contributed by atoms with Gasteiger partial charge in [0.1, 0.15) is 12.1 Å². The summed E-state index contributed by atoms with van der Waals surface area (Å²) < 4.78 is 0. The summed E-state index contributed by atoms with van der Waals surface area (Å²) in [6.45, 7) is 3.16. The summed E-state index contributed by atoms with van der Waals surface area (Å²) in [5, 5.41) is 28.3. The maximum atomic E-state index is 11.3. The molecule has 1 amide bonds. The van der Waals surface area contributed by atoms with Gasteiger partial charge in [-0.25, -0.2) is 4.79 Å². The highest BCUT2D eigenvalue weighted by molar-refractivity contribution is 5.88. The zero-order chi connectivity index (χ0) is 12.9. The van der Waals surface area contributed by atoms with Crippen molar-refractivity contribution in [3.05, 3.63) is 0 Å². The lowest BCUT2D eigenvalue weighted by atomic mass is 10.1. The lowest BCUT2D eigenvalue weighted by Gasteiger charge is -2.17. The van der Waals surface area contributed by atoms with Gasteiger partial charge >= 0.3 is 11.9 Å². The molecule has 0 fully saturated rings. The predicted octanol–water partition coefficient (Wildman–Crippen LogP) is -0.953. The molecule has 16 heavy (non-hydrogen) atoms. The minimum atomic E-state index is -1.53. The van der Waals surface area contributed by atoms with Gasteiger partial charge in [0.25, 0.3) is 0 Å². The van der Waals surface area contributed by atoms with Crippen molar-refractivity contribution in [2.24, 2.45) is 5.92 Å². The van der Waals surface area contributed by atoms with Crippen LogP contribution in [0, 0.1) is 5.92 Å². The highest BCUT2D eigenvalue weighted by atomic mass is 16.4. The van der Waals surface area contributed by atoms with Gasteiger partial charge in [-0.05, 0) is 5.92 Å². The number of aliphatic carboxylic acids is 2. The van der Waals surface area contributed by atoms with Crippen LogP contribution in [0.3, 0.4) is 0 Å². The van der Waals surface area contributed by atoms with Crippen LogP contribution in [0.5, 0.6) is 0 Å². The first kappa shape index (κ1) is 14.4. The van der Waals surface area contributed by atoms with Crippen LogP contribution in [0.2, 0.25) is 0 Å². The van der Waals surface area contributed by atoms with E-state index in [0.717, 1.165) is 0 Å². The quantitative estimate of drug-likeness (QED) is 0.468. The molecular formula is C9H15NO6. The van der Waals surface area contributed by atoms with Crippen LogP contribution in [0.25, 0.3) is 0 Å². The van der Waals surface area contributed by atoms with Crippen molar-refractivity contribution in [2.45, 2.75) is 32.4 Å². The molecule has 4 N–H and O–H groups in total. The number of carboxylic acid groups (broad SMARTS) is 2. The topological polar surface area (TPSA) is 124 Å². The minimum absolute atomic E-state index is 0.376. The van der Waals surface area contributed by atoms with E-state index in [1.807, 2.05) is 5.32 Å². The Balaban J connectivity index is 4.46. The summed E-state index contributed by atoms with van der Waals surface area (Å²) >= 11 is 0. The highest BCUT2D eigenvalue weighted by Gasteiger charge is 2.27. The molecule has 0 spiro atoms. The monoisotopic (exact) mass is 233 g/mol. The van der Waals surface area contributed by atoms with Crippen LogP contribution in [0.4, 0.5) is 0 Å². The van der Waals surface area contributed by atoms with Gasteiger partial charge in [0.2, 0.25) is 5.91 Å². The number of carbonyl (C=O) groups excluding carboxylic acids is 1. The molecular weight excluding hydrogens is 218 g/mol. The molecule has 0 aliphatic heterocycles. The molecule has 7 nitrogen and oxygen atoms in total. The van der Waals surface area contributed by atoms with E-state index >= 15 is 0 Å². The third kappa shape index (κ3) is 4.74. The average molecular weight is 233 g/mol. The zero-order valence-corrected chi connectivity index (χ0v) is 9.01. The van der Waals surface area contributed by atoms with Crippen LogP contribution < -0.4 is 5.32 Å². The smallest absolute Gasteiger partial charge is 0.326 e. The number of nitrogens with one attached hydrogen (secondary N) is 1. The lowest BCUT2D eigenvalue weighted by Crippen LogP contribution is -2.47. The third-order valence-corrected chi connectivity index (χ3v) is 1.89. The number of rotatable bonds is 6. The molecule has 7 heteroatoms. The first-order chi connectivity index (χ1) is 7.25. The number of hydrogen-bond acceptors (Lipinski definition) is 4. The van der Waals surface area contributed by atoms with Gasteiger partial charge in [0.15, 0.2) is 0 Å². The van der Waals surface area contributed by atoms with Crippen molar-refractivity contribution in [2.75, 3.05) is 0 Å². The van der Waals surface area contributed by atoms with Crippen molar-refractivity contribution in [1.29, 1.82) is 0 Å². The molecule has 0 aliphatic rings. The molecule has 0 saturated carbocycles. The molecule has 2 atom stereocenters. The fourth-order valence-electron chi connectivity index (χ4n) is 0.935. The Hall–Kier alpha value is -1.63. The van der Waals surface area contributed by atoms with E-state index in [-0.39, 0.29) is 5.92 Å². The van der Waals surface area contributed by atoms with E-state index in [4.69, 9.17) is 10.2 Å². The van der Waals surface area contributed by atoms with Gasteiger partial charge in [0, 0.05) is 0 Å². The van der Waals surface area contributed by atoms with E-state index in [2.05, 4.69) is 0 Å². The standard InChI is InChI=1S/C9H15NO6/c1-4(2)7(13)8(14)10-5(9(15)16)3-6(11)12/h4-5,7,13H,3H2,1-2H3,(H,10,14)(H,11,12)(H,15,16). The minimum Gasteiger partial charge on any atom is -0.481 e. The molecule has 0 radical (unpaired) electrons. The Bertz CT molecular complexity index is 288. The highest BCUT2D eigenvalue weighted by Crippen LogP contribution is 2.02. The Morgan fingerprint density at radius 2 is 1.69 bits per heavy atom. The van der Waals surface area contributed by atoms with Gasteiger partial charge < -0.3 is 20.6 Å². The molecule has 0 aromatic carbocycles. The van der Waals surface area contributed by atoms with E-state index in [1.165, 1.54) is 0 Å². The molecule has 0 bridgehead atoms. The van der Waals surface area contributed by atoms with Gasteiger partial charge in [-0.15, -0.1) is 0 Å². The summed E-state index contributed by atoms with van der Waals surface area (Å²) in [5.74, 6) is -4.05.